The molecule has 0 bridgehead atoms. The minimum atomic E-state index is 0.538. The predicted molar refractivity (Wildman–Crippen MR) is 78.6 cm³/mol. The van der Waals surface area contributed by atoms with E-state index in [-0.39, 0.29) is 0 Å². The second kappa shape index (κ2) is 7.17. The zero-order valence-electron chi connectivity index (χ0n) is 12.4. The van der Waals surface area contributed by atoms with E-state index in [0.29, 0.717) is 11.8 Å². The fourth-order valence-corrected chi connectivity index (χ4v) is 2.04. The van der Waals surface area contributed by atoms with Gasteiger partial charge in [-0.15, -0.1) is 6.42 Å². The van der Waals surface area contributed by atoms with Crippen molar-refractivity contribution >= 4 is 0 Å². The van der Waals surface area contributed by atoms with Crippen molar-refractivity contribution in [1.29, 1.82) is 0 Å². The van der Waals surface area contributed by atoms with Gasteiger partial charge in [0.2, 0.25) is 0 Å². The minimum absolute atomic E-state index is 0.538. The quantitative estimate of drug-likeness (QED) is 0.609. The van der Waals surface area contributed by atoms with Crippen molar-refractivity contribution in [1.82, 2.24) is 0 Å². The summed E-state index contributed by atoms with van der Waals surface area (Å²) >= 11 is 0. The summed E-state index contributed by atoms with van der Waals surface area (Å²) in [6.45, 7) is 15.1. The molecule has 1 rings (SSSR count). The van der Waals surface area contributed by atoms with Crippen LogP contribution in [0.3, 0.4) is 0 Å². The Hall–Kier alpha value is -1.22. The zero-order valence-corrected chi connectivity index (χ0v) is 12.4. The summed E-state index contributed by atoms with van der Waals surface area (Å²) in [5.41, 5.74) is 5.18. The van der Waals surface area contributed by atoms with Crippen molar-refractivity contribution < 1.29 is 0 Å². The first-order valence-electron chi connectivity index (χ1n) is 6.58. The van der Waals surface area contributed by atoms with Gasteiger partial charge < -0.3 is 0 Å². The van der Waals surface area contributed by atoms with E-state index in [1.165, 1.54) is 16.7 Å². The molecule has 0 fully saturated rings. The van der Waals surface area contributed by atoms with E-state index in [1.807, 2.05) is 13.8 Å². The van der Waals surface area contributed by atoms with E-state index in [1.54, 1.807) is 0 Å². The Labute approximate surface area is 107 Å². The highest BCUT2D eigenvalue weighted by Gasteiger charge is 2.11. The van der Waals surface area contributed by atoms with Crippen molar-refractivity contribution in [2.45, 2.75) is 60.3 Å². The first kappa shape index (κ1) is 15.8. The molecular formula is C17H26. The number of hydrogen-bond donors (Lipinski definition) is 0. The summed E-state index contributed by atoms with van der Waals surface area (Å²) in [5.74, 6) is 3.82. The van der Waals surface area contributed by atoms with E-state index in [2.05, 4.69) is 52.7 Å². The highest BCUT2D eigenvalue weighted by Crippen LogP contribution is 2.28. The van der Waals surface area contributed by atoms with E-state index in [0.717, 1.165) is 5.56 Å². The maximum absolute atomic E-state index is 5.49. The molecule has 0 atom stereocenters. The van der Waals surface area contributed by atoms with E-state index < -0.39 is 0 Å². The van der Waals surface area contributed by atoms with Crippen LogP contribution in [0.2, 0.25) is 0 Å². The Morgan fingerprint density at radius 3 is 1.53 bits per heavy atom. The summed E-state index contributed by atoms with van der Waals surface area (Å²) in [4.78, 5) is 0. The lowest BCUT2D eigenvalue weighted by Crippen LogP contribution is -2.00. The molecule has 1 aromatic carbocycles. The van der Waals surface area contributed by atoms with Gasteiger partial charge in [0, 0.05) is 5.56 Å². The third-order valence-electron chi connectivity index (χ3n) is 2.90. The molecule has 17 heavy (non-hydrogen) atoms. The summed E-state index contributed by atoms with van der Waals surface area (Å²) < 4.78 is 0. The summed E-state index contributed by atoms with van der Waals surface area (Å²) in [7, 11) is 0. The smallest absolute Gasteiger partial charge is 0.0248 e. The fraction of sp³-hybridized carbons (Fsp3) is 0.529. The number of rotatable bonds is 2. The van der Waals surface area contributed by atoms with Gasteiger partial charge in [-0.2, -0.15) is 0 Å². The Bertz CT molecular complexity index is 360. The second-order valence-electron chi connectivity index (χ2n) is 4.73. The molecule has 0 heterocycles. The van der Waals surface area contributed by atoms with E-state index >= 15 is 0 Å². The molecule has 0 spiro atoms. The molecule has 0 heteroatoms. The van der Waals surface area contributed by atoms with Crippen molar-refractivity contribution in [3.05, 3.63) is 34.4 Å². The average molecular weight is 230 g/mol. The van der Waals surface area contributed by atoms with Gasteiger partial charge in [-0.1, -0.05) is 47.5 Å². The summed E-state index contributed by atoms with van der Waals surface area (Å²) in [6.07, 6.45) is 5.49. The van der Waals surface area contributed by atoms with Crippen LogP contribution in [0.5, 0.6) is 0 Å². The van der Waals surface area contributed by atoms with Gasteiger partial charge in [0.15, 0.2) is 0 Å². The normalized spacial score (nSPS) is 9.88. The standard InChI is InChI=1S/C15H20.C2H6/c1-7-13-8-14(10(2)3)12(6)15(9-13)11(4)5;1-2/h1,8-11H,2-6H3;1-2H3. The molecule has 0 saturated heterocycles. The maximum atomic E-state index is 5.49. The maximum Gasteiger partial charge on any atom is 0.0248 e. The van der Waals surface area contributed by atoms with Crippen molar-refractivity contribution in [2.75, 3.05) is 0 Å². The lowest BCUT2D eigenvalue weighted by Gasteiger charge is -2.17. The number of hydrogen-bond acceptors (Lipinski definition) is 0. The fourth-order valence-electron chi connectivity index (χ4n) is 2.04. The zero-order chi connectivity index (χ0) is 13.6. The topological polar surface area (TPSA) is 0 Å². The Morgan fingerprint density at radius 1 is 0.941 bits per heavy atom. The highest BCUT2D eigenvalue weighted by atomic mass is 14.2. The van der Waals surface area contributed by atoms with Crippen LogP contribution in [0.1, 0.15) is 75.6 Å². The van der Waals surface area contributed by atoms with Crippen LogP contribution in [0.4, 0.5) is 0 Å². The van der Waals surface area contributed by atoms with Crippen LogP contribution in [0.15, 0.2) is 12.1 Å². The van der Waals surface area contributed by atoms with Gasteiger partial charge in [-0.05, 0) is 47.6 Å². The van der Waals surface area contributed by atoms with Gasteiger partial charge >= 0.3 is 0 Å². The molecule has 0 saturated carbocycles. The van der Waals surface area contributed by atoms with Crippen molar-refractivity contribution in [3.63, 3.8) is 0 Å². The Morgan fingerprint density at radius 2 is 1.29 bits per heavy atom. The molecule has 94 valence electrons. The molecule has 0 radical (unpaired) electrons. The molecule has 0 amide bonds. The van der Waals surface area contributed by atoms with Crippen LogP contribution >= 0.6 is 0 Å². The van der Waals surface area contributed by atoms with E-state index in [9.17, 15) is 0 Å². The van der Waals surface area contributed by atoms with Gasteiger partial charge in [-0.25, -0.2) is 0 Å². The van der Waals surface area contributed by atoms with Crippen LogP contribution in [0, 0.1) is 19.3 Å². The summed E-state index contributed by atoms with van der Waals surface area (Å²) in [6, 6.07) is 4.29. The number of terminal acetylenes is 1. The predicted octanol–water partition coefficient (Wildman–Crippen LogP) is 5.25. The Kier molecular flexibility index (Phi) is 6.66. The van der Waals surface area contributed by atoms with Crippen LogP contribution in [0.25, 0.3) is 0 Å². The first-order valence-corrected chi connectivity index (χ1v) is 6.58. The number of benzene rings is 1. The largest absolute Gasteiger partial charge is 0.115 e. The molecule has 0 unspecified atom stereocenters. The monoisotopic (exact) mass is 230 g/mol. The lowest BCUT2D eigenvalue weighted by atomic mass is 9.88. The van der Waals surface area contributed by atoms with Gasteiger partial charge in [0.1, 0.15) is 0 Å². The highest BCUT2D eigenvalue weighted by molar-refractivity contribution is 5.46. The first-order chi connectivity index (χ1) is 7.97. The molecule has 0 aliphatic carbocycles. The Balaban J connectivity index is 0.00000121. The van der Waals surface area contributed by atoms with Crippen LogP contribution in [-0.4, -0.2) is 0 Å². The molecule has 0 nitrogen and oxygen atoms in total. The molecule has 0 N–H and O–H groups in total. The molecule has 1 aromatic rings. The third kappa shape index (κ3) is 3.93. The summed E-state index contributed by atoms with van der Waals surface area (Å²) in [5, 5.41) is 0. The lowest BCUT2D eigenvalue weighted by molar-refractivity contribution is 0.816. The molecule has 0 aromatic heterocycles. The average Bonchev–Trinajstić information content (AvgIpc) is 2.31. The third-order valence-corrected chi connectivity index (χ3v) is 2.90. The SMILES string of the molecule is C#Cc1cc(C(C)C)c(C)c(C(C)C)c1.CC. The van der Waals surface area contributed by atoms with Crippen LogP contribution in [-0.2, 0) is 0 Å². The van der Waals surface area contributed by atoms with Crippen molar-refractivity contribution in [3.8, 4) is 12.3 Å². The minimum Gasteiger partial charge on any atom is -0.115 e. The second-order valence-corrected chi connectivity index (χ2v) is 4.73. The van der Waals surface area contributed by atoms with Crippen LogP contribution < -0.4 is 0 Å². The van der Waals surface area contributed by atoms with Crippen molar-refractivity contribution in [2.24, 2.45) is 0 Å². The van der Waals surface area contributed by atoms with E-state index in [4.69, 9.17) is 6.42 Å². The van der Waals surface area contributed by atoms with Gasteiger partial charge in [-0.3, -0.25) is 0 Å². The van der Waals surface area contributed by atoms with Gasteiger partial charge in [0.05, 0.1) is 0 Å². The van der Waals surface area contributed by atoms with Gasteiger partial charge in [0.25, 0.3) is 0 Å². The molecular weight excluding hydrogens is 204 g/mol. The molecule has 0 aliphatic rings. The molecule has 0 aliphatic heterocycles.